The van der Waals surface area contributed by atoms with E-state index in [2.05, 4.69) is 16.5 Å². The molecule has 31 heavy (non-hydrogen) atoms. The minimum Gasteiger partial charge on any atom is -0.493 e. The lowest BCUT2D eigenvalue weighted by Crippen LogP contribution is -2.28. The summed E-state index contributed by atoms with van der Waals surface area (Å²) in [5.41, 5.74) is 4.96. The molecular formula is C24H25N3O4. The van der Waals surface area contributed by atoms with Crippen LogP contribution in [0.2, 0.25) is 0 Å². The van der Waals surface area contributed by atoms with E-state index < -0.39 is 5.92 Å². The monoisotopic (exact) mass is 419 g/mol. The average Bonchev–Trinajstić information content (AvgIpc) is 3.07. The van der Waals surface area contributed by atoms with Gasteiger partial charge in [0, 0.05) is 17.5 Å². The predicted molar refractivity (Wildman–Crippen MR) is 118 cm³/mol. The highest BCUT2D eigenvalue weighted by atomic mass is 16.5. The second-order valence-electron chi connectivity index (χ2n) is 7.84. The number of aryl methyl sites for hydroxylation is 3. The quantitative estimate of drug-likeness (QED) is 0.629. The summed E-state index contributed by atoms with van der Waals surface area (Å²) in [7, 11) is 3.07. The third kappa shape index (κ3) is 3.67. The Morgan fingerprint density at radius 1 is 1.03 bits per heavy atom. The summed E-state index contributed by atoms with van der Waals surface area (Å²) in [5.74, 6) is 0.576. The first-order chi connectivity index (χ1) is 14.8. The van der Waals surface area contributed by atoms with Gasteiger partial charge in [-0.05, 0) is 62.2 Å². The van der Waals surface area contributed by atoms with Gasteiger partial charge in [-0.15, -0.1) is 0 Å². The molecule has 0 spiro atoms. The summed E-state index contributed by atoms with van der Waals surface area (Å²) >= 11 is 0. The lowest BCUT2D eigenvalue weighted by atomic mass is 9.85. The smallest absolute Gasteiger partial charge is 0.226 e. The molecule has 0 radical (unpaired) electrons. The van der Waals surface area contributed by atoms with Crippen LogP contribution < -0.4 is 14.8 Å². The van der Waals surface area contributed by atoms with Gasteiger partial charge in [0.1, 0.15) is 5.82 Å². The summed E-state index contributed by atoms with van der Waals surface area (Å²) in [4.78, 5) is 26.0. The number of rotatable bonds is 5. The highest BCUT2D eigenvalue weighted by Gasteiger charge is 2.36. The van der Waals surface area contributed by atoms with Gasteiger partial charge in [-0.25, -0.2) is 4.68 Å². The zero-order chi connectivity index (χ0) is 22.3. The Morgan fingerprint density at radius 3 is 2.35 bits per heavy atom. The molecule has 1 aliphatic heterocycles. The summed E-state index contributed by atoms with van der Waals surface area (Å²) < 4.78 is 12.3. The van der Waals surface area contributed by atoms with Crippen molar-refractivity contribution < 1.29 is 19.1 Å². The number of methoxy groups -OCH3 is 2. The van der Waals surface area contributed by atoms with Crippen LogP contribution in [0.15, 0.2) is 36.4 Å². The van der Waals surface area contributed by atoms with Crippen molar-refractivity contribution in [2.45, 2.75) is 33.1 Å². The Balaban J connectivity index is 1.80. The number of ether oxygens (including phenoxy) is 2. The molecular weight excluding hydrogens is 394 g/mol. The normalized spacial score (nSPS) is 15.3. The van der Waals surface area contributed by atoms with E-state index in [-0.39, 0.29) is 18.1 Å². The van der Waals surface area contributed by atoms with Crippen LogP contribution in [0.25, 0.3) is 5.69 Å². The van der Waals surface area contributed by atoms with Crippen LogP contribution in [-0.2, 0) is 4.79 Å². The molecule has 3 aromatic rings. The molecule has 1 unspecified atom stereocenters. The molecule has 160 valence electrons. The van der Waals surface area contributed by atoms with Gasteiger partial charge in [0.05, 0.1) is 31.5 Å². The number of fused-ring (bicyclic) bond motifs is 1. The van der Waals surface area contributed by atoms with E-state index in [9.17, 15) is 9.59 Å². The van der Waals surface area contributed by atoms with Gasteiger partial charge in [0.2, 0.25) is 5.91 Å². The SMILES string of the molecule is COc1ccc(C(=O)C2CC(=O)Nc3c2c(C)nn3-c2cc(C)cc(C)c2)cc1OC. The number of nitrogens with zero attached hydrogens (tertiary/aromatic N) is 2. The number of Topliss-reactive ketones (excluding diaryl/α,β-unsaturated/α-hetero) is 1. The van der Waals surface area contributed by atoms with Crippen LogP contribution in [0.3, 0.4) is 0 Å². The lowest BCUT2D eigenvalue weighted by molar-refractivity contribution is -0.116. The molecule has 7 heteroatoms. The molecule has 4 rings (SSSR count). The summed E-state index contributed by atoms with van der Waals surface area (Å²) in [5, 5.41) is 7.60. The van der Waals surface area contributed by atoms with Crippen molar-refractivity contribution in [2.24, 2.45) is 0 Å². The van der Waals surface area contributed by atoms with Crippen LogP contribution in [0.1, 0.15) is 45.1 Å². The fourth-order valence-electron chi connectivity index (χ4n) is 4.22. The second-order valence-corrected chi connectivity index (χ2v) is 7.84. The minimum absolute atomic E-state index is 0.0690. The van der Waals surface area contributed by atoms with Crippen LogP contribution in [0.4, 0.5) is 5.82 Å². The molecule has 0 saturated heterocycles. The van der Waals surface area contributed by atoms with E-state index in [4.69, 9.17) is 9.47 Å². The van der Waals surface area contributed by atoms with Crippen LogP contribution in [0, 0.1) is 20.8 Å². The van der Waals surface area contributed by atoms with Crippen molar-refractivity contribution in [3.8, 4) is 17.2 Å². The maximum atomic E-state index is 13.5. The number of hydrogen-bond acceptors (Lipinski definition) is 5. The van der Waals surface area contributed by atoms with Crippen LogP contribution in [0.5, 0.6) is 11.5 Å². The van der Waals surface area contributed by atoms with E-state index in [1.807, 2.05) is 32.9 Å². The zero-order valence-electron chi connectivity index (χ0n) is 18.3. The summed E-state index contributed by atoms with van der Waals surface area (Å²) in [6.07, 6.45) is 0.0690. The molecule has 1 N–H and O–H groups in total. The average molecular weight is 419 g/mol. The summed E-state index contributed by atoms with van der Waals surface area (Å²) in [6.45, 7) is 5.90. The minimum atomic E-state index is -0.624. The second kappa shape index (κ2) is 7.91. The zero-order valence-corrected chi connectivity index (χ0v) is 18.3. The van der Waals surface area contributed by atoms with Gasteiger partial charge in [0.25, 0.3) is 0 Å². The fourth-order valence-corrected chi connectivity index (χ4v) is 4.22. The number of anilines is 1. The number of benzene rings is 2. The number of ketones is 1. The van der Waals surface area contributed by atoms with Crippen molar-refractivity contribution in [2.75, 3.05) is 19.5 Å². The number of aromatic nitrogens is 2. The van der Waals surface area contributed by atoms with Crippen molar-refractivity contribution >= 4 is 17.5 Å². The van der Waals surface area contributed by atoms with E-state index in [0.717, 1.165) is 22.4 Å². The number of carbonyl (C=O) groups is 2. The topological polar surface area (TPSA) is 82.5 Å². The number of hydrogen-bond donors (Lipinski definition) is 1. The maximum Gasteiger partial charge on any atom is 0.226 e. The Bertz CT molecular complexity index is 1180. The number of amides is 1. The van der Waals surface area contributed by atoms with E-state index in [1.54, 1.807) is 30.0 Å². The number of carbonyl (C=O) groups excluding carboxylic acids is 2. The van der Waals surface area contributed by atoms with E-state index >= 15 is 0 Å². The first kappa shape index (κ1) is 20.7. The molecule has 2 aromatic carbocycles. The van der Waals surface area contributed by atoms with Gasteiger partial charge in [-0.3, -0.25) is 9.59 Å². The molecule has 0 aliphatic carbocycles. The van der Waals surface area contributed by atoms with Crippen LogP contribution >= 0.6 is 0 Å². The molecule has 1 aliphatic rings. The van der Waals surface area contributed by atoms with E-state index in [1.165, 1.54) is 7.11 Å². The van der Waals surface area contributed by atoms with Crippen molar-refractivity contribution in [3.63, 3.8) is 0 Å². The molecule has 0 saturated carbocycles. The molecule has 1 atom stereocenters. The number of nitrogens with one attached hydrogen (secondary N) is 1. The predicted octanol–water partition coefficient (Wildman–Crippen LogP) is 4.12. The Hall–Kier alpha value is -3.61. The fraction of sp³-hybridized carbons (Fsp3) is 0.292. The third-order valence-electron chi connectivity index (χ3n) is 5.54. The standard InChI is InChI=1S/C24H25N3O4/c1-13-8-14(2)10-17(9-13)27-24-22(15(3)26-27)18(12-21(28)25-24)23(29)16-6-7-19(30-4)20(11-16)31-5/h6-11,18H,12H2,1-5H3,(H,25,28). The van der Waals surface area contributed by atoms with Gasteiger partial charge in [-0.2, -0.15) is 5.10 Å². The Labute approximate surface area is 181 Å². The van der Waals surface area contributed by atoms with Gasteiger partial charge in [-0.1, -0.05) is 6.07 Å². The first-order valence-corrected chi connectivity index (χ1v) is 10.1. The van der Waals surface area contributed by atoms with Crippen molar-refractivity contribution in [1.29, 1.82) is 0 Å². The summed E-state index contributed by atoms with van der Waals surface area (Å²) in [6, 6.07) is 11.1. The highest BCUT2D eigenvalue weighted by Crippen LogP contribution is 2.39. The molecule has 1 aromatic heterocycles. The van der Waals surface area contributed by atoms with Gasteiger partial charge >= 0.3 is 0 Å². The van der Waals surface area contributed by atoms with Crippen LogP contribution in [-0.4, -0.2) is 35.7 Å². The van der Waals surface area contributed by atoms with Crippen molar-refractivity contribution in [3.05, 3.63) is 64.3 Å². The molecule has 7 nitrogen and oxygen atoms in total. The molecule has 1 amide bonds. The maximum absolute atomic E-state index is 13.5. The molecule has 2 heterocycles. The highest BCUT2D eigenvalue weighted by molar-refractivity contribution is 6.08. The largest absolute Gasteiger partial charge is 0.493 e. The third-order valence-corrected chi connectivity index (χ3v) is 5.54. The Morgan fingerprint density at radius 2 is 1.71 bits per heavy atom. The van der Waals surface area contributed by atoms with Gasteiger partial charge < -0.3 is 14.8 Å². The van der Waals surface area contributed by atoms with Crippen molar-refractivity contribution in [1.82, 2.24) is 9.78 Å². The lowest BCUT2D eigenvalue weighted by Gasteiger charge is -2.23. The Kier molecular flexibility index (Phi) is 5.27. The molecule has 0 fully saturated rings. The van der Waals surface area contributed by atoms with Gasteiger partial charge in [0.15, 0.2) is 17.3 Å². The first-order valence-electron chi connectivity index (χ1n) is 10.1. The molecule has 0 bridgehead atoms. The van der Waals surface area contributed by atoms with E-state index in [0.29, 0.717) is 28.6 Å².